The average Bonchev–Trinajstić information content (AvgIpc) is 2.84. The number of benzene rings is 1. The van der Waals surface area contributed by atoms with Crippen LogP contribution in [0.5, 0.6) is 5.75 Å². The molecule has 1 aromatic carbocycles. The first kappa shape index (κ1) is 14.0. The first-order valence-corrected chi connectivity index (χ1v) is 7.22. The Morgan fingerprint density at radius 1 is 1.30 bits per heavy atom. The summed E-state index contributed by atoms with van der Waals surface area (Å²) < 4.78 is 16.6. The summed E-state index contributed by atoms with van der Waals surface area (Å²) in [5, 5.41) is 19.8. The highest BCUT2D eigenvalue weighted by molar-refractivity contribution is 6.00. The molecule has 116 valence electrons. The highest BCUT2D eigenvalue weighted by Crippen LogP contribution is 2.82. The number of fused-ring (bicyclic) bond motifs is 2. The van der Waals surface area contributed by atoms with Crippen LogP contribution in [0.25, 0.3) is 0 Å². The Hall–Kier alpha value is -2.61. The molecule has 3 atom stereocenters. The maximum absolute atomic E-state index is 9.94. The quantitative estimate of drug-likeness (QED) is 0.867. The van der Waals surface area contributed by atoms with E-state index in [-0.39, 0.29) is 5.84 Å². The molecule has 0 unspecified atom stereocenters. The van der Waals surface area contributed by atoms with Gasteiger partial charge in [0.2, 0.25) is 0 Å². The number of nitriles is 2. The van der Waals surface area contributed by atoms with Crippen LogP contribution < -0.4 is 10.5 Å². The van der Waals surface area contributed by atoms with Crippen LogP contribution in [-0.4, -0.2) is 32.1 Å². The third-order valence-corrected chi connectivity index (χ3v) is 5.03. The summed E-state index contributed by atoms with van der Waals surface area (Å²) in [5.74, 6) is -1.23. The van der Waals surface area contributed by atoms with Gasteiger partial charge in [0.1, 0.15) is 17.0 Å². The molecule has 2 aliphatic heterocycles. The highest BCUT2D eigenvalue weighted by Gasteiger charge is 2.94. The van der Waals surface area contributed by atoms with Gasteiger partial charge in [-0.2, -0.15) is 10.5 Å². The van der Waals surface area contributed by atoms with Gasteiger partial charge in [0, 0.05) is 5.92 Å². The van der Waals surface area contributed by atoms with Crippen LogP contribution in [0.2, 0.25) is 0 Å². The molecule has 7 nitrogen and oxygen atoms in total. The minimum Gasteiger partial charge on any atom is -0.497 e. The highest BCUT2D eigenvalue weighted by atomic mass is 16.8. The molecule has 23 heavy (non-hydrogen) atoms. The van der Waals surface area contributed by atoms with E-state index < -0.39 is 22.7 Å². The van der Waals surface area contributed by atoms with E-state index in [9.17, 15) is 10.5 Å². The van der Waals surface area contributed by atoms with Crippen molar-refractivity contribution in [3.63, 3.8) is 0 Å². The summed E-state index contributed by atoms with van der Waals surface area (Å²) in [6.45, 7) is 0.624. The van der Waals surface area contributed by atoms with Gasteiger partial charge in [-0.3, -0.25) is 0 Å². The van der Waals surface area contributed by atoms with Crippen molar-refractivity contribution in [1.82, 2.24) is 0 Å². The third-order valence-electron chi connectivity index (χ3n) is 5.03. The van der Waals surface area contributed by atoms with Gasteiger partial charge in [-0.1, -0.05) is 12.1 Å². The summed E-state index contributed by atoms with van der Waals surface area (Å²) in [4.78, 5) is 4.23. The predicted molar refractivity (Wildman–Crippen MR) is 78.1 cm³/mol. The Labute approximate surface area is 132 Å². The van der Waals surface area contributed by atoms with Crippen LogP contribution in [0.4, 0.5) is 0 Å². The van der Waals surface area contributed by atoms with Gasteiger partial charge in [-0.05, 0) is 17.7 Å². The van der Waals surface area contributed by atoms with Crippen LogP contribution in [0.15, 0.2) is 29.3 Å². The van der Waals surface area contributed by atoms with E-state index in [1.54, 1.807) is 19.2 Å². The molecular formula is C16H14N4O3. The second kappa shape index (κ2) is 4.23. The van der Waals surface area contributed by atoms with E-state index in [4.69, 9.17) is 19.9 Å². The fraction of sp³-hybridized carbons (Fsp3) is 0.438. The monoisotopic (exact) mass is 310 g/mol. The molecule has 4 rings (SSSR count). The first-order valence-electron chi connectivity index (χ1n) is 7.22. The average molecular weight is 310 g/mol. The molecule has 0 aromatic heterocycles. The Bertz CT molecular complexity index is 802. The molecule has 0 amide bonds. The minimum absolute atomic E-state index is 0.0938. The lowest BCUT2D eigenvalue weighted by molar-refractivity contribution is -0.184. The lowest BCUT2D eigenvalue weighted by Gasteiger charge is -2.25. The molecule has 2 fully saturated rings. The second-order valence-electron chi connectivity index (χ2n) is 5.83. The lowest BCUT2D eigenvalue weighted by Crippen LogP contribution is -2.38. The summed E-state index contributed by atoms with van der Waals surface area (Å²) in [5.41, 5.74) is 4.33. The van der Waals surface area contributed by atoms with Crippen molar-refractivity contribution in [3.05, 3.63) is 29.8 Å². The second-order valence-corrected chi connectivity index (χ2v) is 5.83. The zero-order valence-electron chi connectivity index (χ0n) is 12.4. The Morgan fingerprint density at radius 3 is 2.65 bits per heavy atom. The van der Waals surface area contributed by atoms with E-state index in [2.05, 4.69) is 17.1 Å². The Morgan fingerprint density at radius 2 is 2.04 bits per heavy atom. The van der Waals surface area contributed by atoms with Crippen LogP contribution in [0, 0.1) is 33.5 Å². The molecule has 2 N–H and O–H groups in total. The van der Waals surface area contributed by atoms with Crippen molar-refractivity contribution in [2.24, 2.45) is 21.6 Å². The van der Waals surface area contributed by atoms with Gasteiger partial charge in [0.15, 0.2) is 5.41 Å². The molecule has 1 aromatic rings. The van der Waals surface area contributed by atoms with Crippen molar-refractivity contribution in [2.45, 2.75) is 11.8 Å². The molecule has 1 saturated carbocycles. The molecule has 2 heterocycles. The normalized spacial score (nSPS) is 36.0. The fourth-order valence-corrected chi connectivity index (χ4v) is 4.04. The topological polar surface area (TPSA) is 114 Å². The molecule has 1 saturated heterocycles. The SMILES string of the molecule is COc1cccc([C@@H]2[C@]3(C#N)C(N)=NC4(OCCO4)[C@@]23C#N)c1. The van der Waals surface area contributed by atoms with Gasteiger partial charge < -0.3 is 19.9 Å². The molecule has 0 radical (unpaired) electrons. The third kappa shape index (κ3) is 1.29. The number of rotatable bonds is 2. The van der Waals surface area contributed by atoms with Gasteiger partial charge >= 0.3 is 0 Å². The minimum atomic E-state index is -1.49. The number of hydrogen-bond acceptors (Lipinski definition) is 7. The smallest absolute Gasteiger partial charge is 0.293 e. The molecule has 3 aliphatic rings. The zero-order chi connectivity index (χ0) is 16.3. The number of hydrogen-bond donors (Lipinski definition) is 1. The lowest BCUT2D eigenvalue weighted by atomic mass is 9.94. The van der Waals surface area contributed by atoms with Crippen LogP contribution in [0.3, 0.4) is 0 Å². The number of amidine groups is 1. The van der Waals surface area contributed by atoms with Crippen molar-refractivity contribution in [3.8, 4) is 17.9 Å². The molecule has 1 aliphatic carbocycles. The summed E-state index contributed by atoms with van der Waals surface area (Å²) in [6, 6.07) is 11.7. The largest absolute Gasteiger partial charge is 0.497 e. The van der Waals surface area contributed by atoms with Gasteiger partial charge in [0.25, 0.3) is 5.91 Å². The van der Waals surface area contributed by atoms with Crippen molar-refractivity contribution in [2.75, 3.05) is 20.3 Å². The van der Waals surface area contributed by atoms with E-state index >= 15 is 0 Å². The number of ether oxygens (including phenoxy) is 3. The van der Waals surface area contributed by atoms with Crippen molar-refractivity contribution in [1.29, 1.82) is 10.5 Å². The van der Waals surface area contributed by atoms with E-state index in [1.165, 1.54) is 0 Å². The maximum atomic E-state index is 9.94. The summed E-state index contributed by atoms with van der Waals surface area (Å²) in [6.07, 6.45) is 0. The van der Waals surface area contributed by atoms with E-state index in [0.717, 1.165) is 5.56 Å². The fourth-order valence-electron chi connectivity index (χ4n) is 4.04. The first-order chi connectivity index (χ1) is 11.1. The van der Waals surface area contributed by atoms with Crippen molar-refractivity contribution >= 4 is 5.84 Å². The number of aliphatic imine (C=N–C) groups is 1. The number of nitrogens with two attached hydrogens (primary N) is 1. The van der Waals surface area contributed by atoms with Crippen LogP contribution >= 0.6 is 0 Å². The van der Waals surface area contributed by atoms with Gasteiger partial charge in [0.05, 0.1) is 32.5 Å². The zero-order valence-corrected chi connectivity index (χ0v) is 12.4. The predicted octanol–water partition coefficient (Wildman–Crippen LogP) is 0.884. The van der Waals surface area contributed by atoms with Crippen molar-refractivity contribution < 1.29 is 14.2 Å². The number of methoxy groups -OCH3 is 1. The van der Waals surface area contributed by atoms with Gasteiger partial charge in [-0.15, -0.1) is 0 Å². The summed E-state index contributed by atoms with van der Waals surface area (Å²) in [7, 11) is 1.56. The Balaban J connectivity index is 1.91. The maximum Gasteiger partial charge on any atom is 0.293 e. The molecule has 1 spiro atoms. The van der Waals surface area contributed by atoms with Crippen LogP contribution in [0.1, 0.15) is 11.5 Å². The van der Waals surface area contributed by atoms with E-state index in [0.29, 0.717) is 19.0 Å². The van der Waals surface area contributed by atoms with Crippen LogP contribution in [-0.2, 0) is 9.47 Å². The molecular weight excluding hydrogens is 296 g/mol. The standard InChI is InChI=1S/C16H14N4O3/c1-21-11-4-2-3-10(7-11)12-14(8-17)13(19)20-16(15(12,14)9-18)22-5-6-23-16/h2-4,7,12H,5-6H2,1H3,(H2,19,20)/t12-,14-,15+/m1/s1. The number of nitrogens with zero attached hydrogens (tertiary/aromatic N) is 3. The summed E-state index contributed by atoms with van der Waals surface area (Å²) >= 11 is 0. The Kier molecular flexibility index (Phi) is 2.57. The molecule has 7 heteroatoms. The molecule has 0 bridgehead atoms. The van der Waals surface area contributed by atoms with Gasteiger partial charge in [-0.25, -0.2) is 4.99 Å². The van der Waals surface area contributed by atoms with E-state index in [1.807, 2.05) is 12.1 Å².